The highest BCUT2D eigenvalue weighted by atomic mass is 79.9. The maximum Gasteiger partial charge on any atom is 0.282 e. The van der Waals surface area contributed by atoms with Crippen molar-refractivity contribution in [3.8, 4) is 11.4 Å². The van der Waals surface area contributed by atoms with Crippen LogP contribution >= 0.6 is 15.9 Å². The van der Waals surface area contributed by atoms with Crippen LogP contribution in [-0.4, -0.2) is 33.0 Å². The normalized spacial score (nSPS) is 11.8. The minimum atomic E-state index is -0.403. The van der Waals surface area contributed by atoms with Gasteiger partial charge in [0, 0.05) is 38.2 Å². The number of nitrogens with one attached hydrogen (secondary N) is 1. The van der Waals surface area contributed by atoms with Crippen LogP contribution in [0.25, 0.3) is 16.6 Å². The molecule has 1 N–H and O–H groups in total. The average molecular weight is 641 g/mol. The molecule has 2 heterocycles. The van der Waals surface area contributed by atoms with Crippen LogP contribution in [0, 0.1) is 20.8 Å². The lowest BCUT2D eigenvalue weighted by atomic mass is 9.95. The molecule has 2 aromatic heterocycles. The number of halogens is 1. The van der Waals surface area contributed by atoms with Crippen LogP contribution in [0.3, 0.4) is 0 Å². The van der Waals surface area contributed by atoms with Crippen LogP contribution in [0.2, 0.25) is 0 Å². The fourth-order valence-corrected chi connectivity index (χ4v) is 5.21. The van der Waals surface area contributed by atoms with E-state index in [0.717, 1.165) is 38.4 Å². The van der Waals surface area contributed by atoms with Gasteiger partial charge in [-0.2, -0.15) is 9.78 Å². The van der Waals surface area contributed by atoms with E-state index >= 15 is 0 Å². The standard InChI is InChI=1S/C34H34BrN5O3/c1-21-7-10-26(11-8-21)37-31(41)20-43-28-14-12-27(13-15-28)39-22(2)17-24(23(39)3)19-36-40-32(42)29-18-25(35)9-16-30(29)38-33(40)34(4,5)6/h7-19H,20H2,1-6H3,(H,37,41). The Balaban J connectivity index is 1.36. The van der Waals surface area contributed by atoms with Gasteiger partial charge in [-0.05, 0) is 81.4 Å². The van der Waals surface area contributed by atoms with Crippen molar-refractivity contribution in [3.05, 3.63) is 116 Å². The summed E-state index contributed by atoms with van der Waals surface area (Å²) in [6.45, 7) is 12.0. The number of amides is 1. The minimum Gasteiger partial charge on any atom is -0.484 e. The van der Waals surface area contributed by atoms with Gasteiger partial charge in [0.15, 0.2) is 6.61 Å². The first-order valence-electron chi connectivity index (χ1n) is 14.0. The van der Waals surface area contributed by atoms with Crippen molar-refractivity contribution in [3.63, 3.8) is 0 Å². The summed E-state index contributed by atoms with van der Waals surface area (Å²) in [6, 6.07) is 22.7. The number of carbonyl (C=O) groups is 1. The highest BCUT2D eigenvalue weighted by molar-refractivity contribution is 9.10. The van der Waals surface area contributed by atoms with E-state index in [-0.39, 0.29) is 18.1 Å². The number of ether oxygens (including phenoxy) is 1. The smallest absolute Gasteiger partial charge is 0.282 e. The molecule has 0 saturated heterocycles. The second kappa shape index (κ2) is 12.0. The number of fused-ring (bicyclic) bond motifs is 1. The third-order valence-electron chi connectivity index (χ3n) is 7.06. The maximum atomic E-state index is 13.5. The highest BCUT2D eigenvalue weighted by Crippen LogP contribution is 2.25. The molecule has 5 aromatic rings. The Kier molecular flexibility index (Phi) is 8.37. The lowest BCUT2D eigenvalue weighted by molar-refractivity contribution is -0.118. The van der Waals surface area contributed by atoms with Crippen molar-refractivity contribution in [2.45, 2.75) is 47.0 Å². The van der Waals surface area contributed by atoms with E-state index in [9.17, 15) is 9.59 Å². The van der Waals surface area contributed by atoms with Crippen LogP contribution in [0.1, 0.15) is 49.1 Å². The second-order valence-electron chi connectivity index (χ2n) is 11.6. The third kappa shape index (κ3) is 6.62. The summed E-state index contributed by atoms with van der Waals surface area (Å²) in [6.07, 6.45) is 1.71. The summed E-state index contributed by atoms with van der Waals surface area (Å²) in [5.41, 5.74) is 5.68. The molecule has 3 aromatic carbocycles. The lowest BCUT2D eigenvalue weighted by Crippen LogP contribution is -2.29. The molecule has 0 fully saturated rings. The summed E-state index contributed by atoms with van der Waals surface area (Å²) >= 11 is 3.46. The maximum absolute atomic E-state index is 13.5. The highest BCUT2D eigenvalue weighted by Gasteiger charge is 2.23. The molecule has 0 aliphatic heterocycles. The van der Waals surface area contributed by atoms with Crippen molar-refractivity contribution in [2.75, 3.05) is 11.9 Å². The Morgan fingerprint density at radius 2 is 1.70 bits per heavy atom. The number of carbonyl (C=O) groups excluding carboxylic acids is 1. The first kappa shape index (κ1) is 30.0. The van der Waals surface area contributed by atoms with Crippen molar-refractivity contribution in [2.24, 2.45) is 5.10 Å². The predicted molar refractivity (Wildman–Crippen MR) is 176 cm³/mol. The average Bonchev–Trinajstić information content (AvgIpc) is 3.25. The number of aryl methyl sites for hydroxylation is 2. The molecule has 0 atom stereocenters. The van der Waals surface area contributed by atoms with E-state index in [1.165, 1.54) is 4.68 Å². The SMILES string of the molecule is Cc1ccc(NC(=O)COc2ccc(-n3c(C)cc(C=Nn4c(C(C)(C)C)nc5ccc(Br)cc5c4=O)c3C)cc2)cc1. The Bertz CT molecular complexity index is 1900. The summed E-state index contributed by atoms with van der Waals surface area (Å²) in [7, 11) is 0. The van der Waals surface area contributed by atoms with E-state index in [1.54, 1.807) is 12.3 Å². The third-order valence-corrected chi connectivity index (χ3v) is 7.56. The molecule has 0 radical (unpaired) electrons. The monoisotopic (exact) mass is 639 g/mol. The van der Waals surface area contributed by atoms with Crippen LogP contribution in [0.15, 0.2) is 87.2 Å². The van der Waals surface area contributed by atoms with Gasteiger partial charge in [0.1, 0.15) is 11.6 Å². The van der Waals surface area contributed by atoms with Gasteiger partial charge in [0.2, 0.25) is 0 Å². The largest absolute Gasteiger partial charge is 0.484 e. The van der Waals surface area contributed by atoms with E-state index in [2.05, 4.69) is 30.9 Å². The lowest BCUT2D eigenvalue weighted by Gasteiger charge is -2.20. The molecule has 0 spiro atoms. The van der Waals surface area contributed by atoms with Crippen molar-refractivity contribution in [1.82, 2.24) is 14.2 Å². The van der Waals surface area contributed by atoms with Gasteiger partial charge in [0.25, 0.3) is 11.5 Å². The molecule has 8 nitrogen and oxygen atoms in total. The molecular weight excluding hydrogens is 606 g/mol. The zero-order chi connectivity index (χ0) is 30.9. The number of aromatic nitrogens is 3. The van der Waals surface area contributed by atoms with E-state index in [1.807, 2.05) is 108 Å². The van der Waals surface area contributed by atoms with E-state index < -0.39 is 5.41 Å². The second-order valence-corrected chi connectivity index (χ2v) is 12.5. The Morgan fingerprint density at radius 1 is 1.00 bits per heavy atom. The molecule has 1 amide bonds. The van der Waals surface area contributed by atoms with Gasteiger partial charge in [-0.15, -0.1) is 0 Å². The quantitative estimate of drug-likeness (QED) is 0.193. The predicted octanol–water partition coefficient (Wildman–Crippen LogP) is 7.07. The molecule has 5 rings (SSSR count). The summed E-state index contributed by atoms with van der Waals surface area (Å²) in [5.74, 6) is 0.953. The fourth-order valence-electron chi connectivity index (χ4n) is 4.85. The zero-order valence-corrected chi connectivity index (χ0v) is 26.7. The zero-order valence-electron chi connectivity index (χ0n) is 25.1. The topological polar surface area (TPSA) is 90.5 Å². The van der Waals surface area contributed by atoms with Gasteiger partial charge < -0.3 is 14.6 Å². The first-order valence-corrected chi connectivity index (χ1v) is 14.8. The Labute approximate surface area is 259 Å². The molecule has 43 heavy (non-hydrogen) atoms. The van der Waals surface area contributed by atoms with Gasteiger partial charge in [-0.1, -0.05) is 54.4 Å². The minimum absolute atomic E-state index is 0.0914. The number of benzene rings is 3. The van der Waals surface area contributed by atoms with Crippen LogP contribution in [0.5, 0.6) is 5.75 Å². The van der Waals surface area contributed by atoms with Crippen LogP contribution < -0.4 is 15.6 Å². The molecule has 0 bridgehead atoms. The number of anilines is 1. The number of hydrogen-bond acceptors (Lipinski definition) is 5. The van der Waals surface area contributed by atoms with Gasteiger partial charge in [-0.25, -0.2) is 4.98 Å². The van der Waals surface area contributed by atoms with Crippen molar-refractivity contribution >= 4 is 44.6 Å². The molecule has 0 saturated carbocycles. The van der Waals surface area contributed by atoms with Crippen LogP contribution in [0.4, 0.5) is 5.69 Å². The van der Waals surface area contributed by atoms with Crippen molar-refractivity contribution < 1.29 is 9.53 Å². The number of rotatable bonds is 7. The van der Waals surface area contributed by atoms with E-state index in [0.29, 0.717) is 22.5 Å². The van der Waals surface area contributed by atoms with Gasteiger partial charge >= 0.3 is 0 Å². The first-order chi connectivity index (χ1) is 20.4. The number of hydrogen-bond donors (Lipinski definition) is 1. The molecule has 0 aliphatic rings. The molecular formula is C34H34BrN5O3. The molecule has 0 aliphatic carbocycles. The Hall–Kier alpha value is -4.50. The summed E-state index contributed by atoms with van der Waals surface area (Å²) in [5, 5.41) is 7.99. The van der Waals surface area contributed by atoms with Crippen LogP contribution in [-0.2, 0) is 10.2 Å². The molecule has 9 heteroatoms. The fraction of sp³-hybridized carbons (Fsp3) is 0.235. The van der Waals surface area contributed by atoms with Crippen molar-refractivity contribution in [1.29, 1.82) is 0 Å². The van der Waals surface area contributed by atoms with E-state index in [4.69, 9.17) is 9.72 Å². The summed E-state index contributed by atoms with van der Waals surface area (Å²) in [4.78, 5) is 30.6. The molecule has 0 unspecified atom stereocenters. The summed E-state index contributed by atoms with van der Waals surface area (Å²) < 4.78 is 10.0. The number of nitrogens with zero attached hydrogens (tertiary/aromatic N) is 4. The Morgan fingerprint density at radius 3 is 2.37 bits per heavy atom. The molecule has 220 valence electrons. The van der Waals surface area contributed by atoms with Gasteiger partial charge in [0.05, 0.1) is 17.1 Å². The van der Waals surface area contributed by atoms with Gasteiger partial charge in [-0.3, -0.25) is 9.59 Å².